The predicted octanol–water partition coefficient (Wildman–Crippen LogP) is 8.88. The lowest BCUT2D eigenvalue weighted by molar-refractivity contribution is -0.384. The number of hydrogen-bond donors (Lipinski definition) is 0. The summed E-state index contributed by atoms with van der Waals surface area (Å²) in [5.41, 5.74) is 4.19. The molecule has 0 spiro atoms. The van der Waals surface area contributed by atoms with Crippen molar-refractivity contribution in [3.8, 4) is 40.0 Å². The van der Waals surface area contributed by atoms with E-state index < -0.39 is 4.92 Å². The molecule has 0 aliphatic heterocycles. The van der Waals surface area contributed by atoms with Crippen molar-refractivity contribution in [1.29, 1.82) is 5.26 Å². The minimum absolute atomic E-state index is 0.0152. The number of nitro benzene ring substituents is 1. The Kier molecular flexibility index (Phi) is 8.75. The van der Waals surface area contributed by atoms with Crippen LogP contribution >= 0.6 is 15.9 Å². The number of nitro groups is 1. The van der Waals surface area contributed by atoms with E-state index >= 15 is 0 Å². The molecule has 42 heavy (non-hydrogen) atoms. The minimum Gasteiger partial charge on any atom is -0.490 e. The van der Waals surface area contributed by atoms with Crippen LogP contribution in [-0.2, 0) is 6.61 Å². The zero-order chi connectivity index (χ0) is 29.5. The molecule has 5 rings (SSSR count). The second-order valence-electron chi connectivity index (χ2n) is 9.06. The zero-order valence-electron chi connectivity index (χ0n) is 22.5. The molecule has 0 atom stereocenters. The summed E-state index contributed by atoms with van der Waals surface area (Å²) in [6.45, 7) is 2.46. The van der Waals surface area contributed by atoms with E-state index in [0.717, 1.165) is 16.7 Å². The summed E-state index contributed by atoms with van der Waals surface area (Å²) in [6.07, 6.45) is 1.61. The maximum absolute atomic E-state index is 10.9. The van der Waals surface area contributed by atoms with Crippen molar-refractivity contribution in [2.24, 2.45) is 4.99 Å². The second-order valence-corrected chi connectivity index (χ2v) is 9.92. The van der Waals surface area contributed by atoms with Crippen molar-refractivity contribution in [2.75, 3.05) is 6.61 Å². The number of benzene rings is 4. The van der Waals surface area contributed by atoms with Gasteiger partial charge in [0.25, 0.3) is 5.69 Å². The molecule has 0 fully saturated rings. The van der Waals surface area contributed by atoms with Crippen LogP contribution in [0, 0.1) is 21.4 Å². The number of nitrogens with zero attached hydrogens (tertiary/aromatic N) is 3. The van der Waals surface area contributed by atoms with Gasteiger partial charge in [0, 0.05) is 29.5 Å². The van der Waals surface area contributed by atoms with Crippen LogP contribution in [-0.4, -0.2) is 17.7 Å². The third-order valence-electron chi connectivity index (χ3n) is 6.29. The molecule has 0 unspecified atom stereocenters. The highest BCUT2D eigenvalue weighted by molar-refractivity contribution is 9.10. The third kappa shape index (κ3) is 6.24. The molecular formula is C33H24BrN3O5. The average Bonchev–Trinajstić information content (AvgIpc) is 3.39. The molecule has 4 aromatic carbocycles. The molecule has 0 aliphatic rings. The van der Waals surface area contributed by atoms with Crippen LogP contribution in [0.3, 0.4) is 0 Å². The number of non-ortho nitro benzene ring substituents is 1. The lowest BCUT2D eigenvalue weighted by Gasteiger charge is -2.14. The van der Waals surface area contributed by atoms with Gasteiger partial charge >= 0.3 is 0 Å². The number of aliphatic imine (C=N–C) groups is 1. The third-order valence-corrected chi connectivity index (χ3v) is 6.88. The molecule has 8 nitrogen and oxygen atoms in total. The topological polar surface area (TPSA) is 111 Å². The van der Waals surface area contributed by atoms with Crippen molar-refractivity contribution in [3.63, 3.8) is 0 Å². The fraction of sp³-hybridized carbons (Fsp3) is 0.0909. The Labute approximate surface area is 250 Å². The molecule has 0 saturated carbocycles. The molecule has 0 radical (unpaired) electrons. The summed E-state index contributed by atoms with van der Waals surface area (Å²) in [5, 5.41) is 21.1. The van der Waals surface area contributed by atoms with Gasteiger partial charge in [0.05, 0.1) is 16.0 Å². The summed E-state index contributed by atoms with van der Waals surface area (Å²) in [6, 6.07) is 31.3. The molecule has 1 heterocycles. The van der Waals surface area contributed by atoms with Gasteiger partial charge in [-0.25, -0.2) is 4.99 Å². The van der Waals surface area contributed by atoms with E-state index in [1.54, 1.807) is 24.4 Å². The van der Waals surface area contributed by atoms with Crippen LogP contribution in [0.15, 0.2) is 111 Å². The van der Waals surface area contributed by atoms with Crippen LogP contribution in [0.2, 0.25) is 0 Å². The molecule has 1 aromatic heterocycles. The van der Waals surface area contributed by atoms with E-state index in [4.69, 9.17) is 13.9 Å². The molecule has 208 valence electrons. The van der Waals surface area contributed by atoms with Gasteiger partial charge in [-0.1, -0.05) is 60.7 Å². The Morgan fingerprint density at radius 3 is 2.26 bits per heavy atom. The second kappa shape index (κ2) is 13.0. The monoisotopic (exact) mass is 621 g/mol. The molecule has 0 aliphatic carbocycles. The molecule has 0 amide bonds. The Morgan fingerprint density at radius 2 is 1.64 bits per heavy atom. The van der Waals surface area contributed by atoms with Crippen LogP contribution in [0.4, 0.5) is 11.6 Å². The Morgan fingerprint density at radius 1 is 0.976 bits per heavy atom. The highest BCUT2D eigenvalue weighted by Crippen LogP contribution is 2.43. The lowest BCUT2D eigenvalue weighted by atomic mass is 9.98. The molecule has 0 N–H and O–H groups in total. The van der Waals surface area contributed by atoms with E-state index in [-0.39, 0.29) is 18.2 Å². The first kappa shape index (κ1) is 28.3. The maximum Gasteiger partial charge on any atom is 0.269 e. The van der Waals surface area contributed by atoms with E-state index in [9.17, 15) is 15.4 Å². The summed E-state index contributed by atoms with van der Waals surface area (Å²) >= 11 is 3.57. The van der Waals surface area contributed by atoms with E-state index in [1.807, 2.05) is 73.7 Å². The summed E-state index contributed by atoms with van der Waals surface area (Å²) in [7, 11) is 0. The predicted molar refractivity (Wildman–Crippen MR) is 164 cm³/mol. The van der Waals surface area contributed by atoms with E-state index in [2.05, 4.69) is 27.0 Å². The first-order valence-electron chi connectivity index (χ1n) is 13.0. The van der Waals surface area contributed by atoms with Gasteiger partial charge in [-0.05, 0) is 63.8 Å². The number of hydrogen-bond acceptors (Lipinski definition) is 7. The van der Waals surface area contributed by atoms with Crippen molar-refractivity contribution >= 4 is 33.7 Å². The average molecular weight is 622 g/mol. The van der Waals surface area contributed by atoms with Crippen molar-refractivity contribution in [1.82, 2.24) is 0 Å². The normalized spacial score (nSPS) is 10.9. The molecule has 0 bridgehead atoms. The summed E-state index contributed by atoms with van der Waals surface area (Å²) < 4.78 is 18.7. The Hall–Kier alpha value is -5.20. The van der Waals surface area contributed by atoms with E-state index in [0.29, 0.717) is 45.0 Å². The number of furan rings is 1. The first-order chi connectivity index (χ1) is 20.5. The molecule has 9 heteroatoms. The number of nitriles is 1. The fourth-order valence-corrected chi connectivity index (χ4v) is 4.93. The Balaban J connectivity index is 1.47. The highest BCUT2D eigenvalue weighted by atomic mass is 79.9. The number of ether oxygens (including phenoxy) is 2. The van der Waals surface area contributed by atoms with Gasteiger partial charge in [-0.2, -0.15) is 5.26 Å². The molecular weight excluding hydrogens is 598 g/mol. The molecule has 0 saturated heterocycles. The van der Waals surface area contributed by atoms with Crippen LogP contribution in [0.1, 0.15) is 23.6 Å². The van der Waals surface area contributed by atoms with Gasteiger partial charge in [0.15, 0.2) is 11.5 Å². The number of rotatable bonds is 10. The SMILES string of the molecule is CCOc1cc(C=Nc2oc(-c3ccccc3)c(-c3ccccc3)c2C#N)cc(Br)c1OCc1ccc([N+](=O)[O-])cc1. The van der Waals surface area contributed by atoms with Gasteiger partial charge in [0.2, 0.25) is 5.88 Å². The minimum atomic E-state index is -0.443. The Bertz CT molecular complexity index is 1780. The van der Waals surface area contributed by atoms with Crippen molar-refractivity contribution in [2.45, 2.75) is 13.5 Å². The van der Waals surface area contributed by atoms with Gasteiger partial charge in [0.1, 0.15) is 24.0 Å². The van der Waals surface area contributed by atoms with Crippen LogP contribution in [0.25, 0.3) is 22.5 Å². The lowest BCUT2D eigenvalue weighted by Crippen LogP contribution is -2.01. The standard InChI is InChI=1S/C33H24BrN3O5/c1-2-40-29-18-23(17-28(34)32(29)41-21-22-13-15-26(16-14-22)37(38)39)20-36-33-27(19-35)30(24-9-5-3-6-10-24)31(42-33)25-11-7-4-8-12-25/h3-18,20H,2,21H2,1H3. The summed E-state index contributed by atoms with van der Waals surface area (Å²) in [4.78, 5) is 15.1. The van der Waals surface area contributed by atoms with Crippen molar-refractivity contribution < 1.29 is 18.8 Å². The van der Waals surface area contributed by atoms with Gasteiger partial charge < -0.3 is 13.9 Å². The zero-order valence-corrected chi connectivity index (χ0v) is 24.1. The summed E-state index contributed by atoms with van der Waals surface area (Å²) in [5.74, 6) is 1.74. The highest BCUT2D eigenvalue weighted by Gasteiger charge is 2.22. The maximum atomic E-state index is 10.9. The van der Waals surface area contributed by atoms with Crippen LogP contribution < -0.4 is 9.47 Å². The van der Waals surface area contributed by atoms with Crippen molar-refractivity contribution in [3.05, 3.63) is 128 Å². The number of halogens is 1. The fourth-order valence-electron chi connectivity index (χ4n) is 4.35. The largest absolute Gasteiger partial charge is 0.490 e. The first-order valence-corrected chi connectivity index (χ1v) is 13.8. The quantitative estimate of drug-likeness (QED) is 0.0874. The van der Waals surface area contributed by atoms with Gasteiger partial charge in [-0.15, -0.1) is 0 Å². The van der Waals surface area contributed by atoms with Crippen LogP contribution in [0.5, 0.6) is 11.5 Å². The van der Waals surface area contributed by atoms with Gasteiger partial charge in [-0.3, -0.25) is 10.1 Å². The van der Waals surface area contributed by atoms with E-state index in [1.165, 1.54) is 12.1 Å². The molecule has 5 aromatic rings. The smallest absolute Gasteiger partial charge is 0.269 e.